The van der Waals surface area contributed by atoms with Gasteiger partial charge in [0.2, 0.25) is 0 Å². The van der Waals surface area contributed by atoms with Gasteiger partial charge in [-0.05, 0) is 89.3 Å². The zero-order valence-corrected chi connectivity index (χ0v) is 79.5. The van der Waals surface area contributed by atoms with Crippen LogP contribution in [0.5, 0.6) is 0 Å². The molecule has 0 unspecified atom stereocenters. The molecule has 121 heavy (non-hydrogen) atoms. The maximum absolute atomic E-state index is 15.7. The average molecular weight is 1850 g/mol. The van der Waals surface area contributed by atoms with Gasteiger partial charge in [-0.3, -0.25) is 9.18 Å². The van der Waals surface area contributed by atoms with Gasteiger partial charge < -0.3 is 16.1 Å². The van der Waals surface area contributed by atoms with Crippen LogP contribution in [0.3, 0.4) is 0 Å². The molecule has 7 aromatic heterocycles. The number of thiophene rings is 2. The van der Waals surface area contributed by atoms with Gasteiger partial charge in [0.15, 0.2) is 46.6 Å². The number of carbonyl (C=O) groups excluding carboxylic acids is 1. The van der Waals surface area contributed by atoms with Crippen LogP contribution in [0.4, 0.5) is 8.78 Å². The van der Waals surface area contributed by atoms with E-state index >= 15 is 4.39 Å². The molecule has 572 valence electrons. The van der Waals surface area contributed by atoms with Crippen LogP contribution in [-0.4, -0.2) is 68.0 Å². The van der Waals surface area contributed by atoms with E-state index < -0.39 is 13.0 Å². The Morgan fingerprint density at radius 1 is 0.347 bits per heavy atom. The Bertz CT molecular complexity index is 7110. The van der Waals surface area contributed by atoms with E-state index in [2.05, 4.69) is 185 Å². The predicted octanol–water partition coefficient (Wildman–Crippen LogP) is 18.4. The fourth-order valence-corrected chi connectivity index (χ4v) is 17.3. The Kier molecular flexibility index (Phi) is 26.3. The fraction of sp³-hybridized carbons (Fsp3) is 0.0198. The van der Waals surface area contributed by atoms with Crippen molar-refractivity contribution < 1.29 is 164 Å². The third-order valence-corrected chi connectivity index (χ3v) is 22.8. The molecule has 0 amide bonds. The molecule has 0 saturated heterocycles. The van der Waals surface area contributed by atoms with Crippen LogP contribution < -0.4 is 143 Å². The molecule has 0 bridgehead atoms. The molecule has 0 aliphatic heterocycles. The fourth-order valence-electron chi connectivity index (χ4n) is 15.0. The molecule has 7 heterocycles. The number of nitrogens with zero attached hydrogens (tertiary/aromatic N) is 11. The van der Waals surface area contributed by atoms with Gasteiger partial charge in [-0.25, -0.2) is 54.2 Å². The summed E-state index contributed by atoms with van der Waals surface area (Å²) in [6.45, 7) is -0.181. The minimum atomic E-state index is -1.00. The average Bonchev–Trinajstić information content (AvgIpc) is 1.66. The molecule has 14 aromatic carbocycles. The maximum atomic E-state index is 15.7. The van der Waals surface area contributed by atoms with Gasteiger partial charge in [0.25, 0.3) is 6.47 Å². The van der Waals surface area contributed by atoms with Crippen LogP contribution in [-0.2, 0) is 16.1 Å². The van der Waals surface area contributed by atoms with Crippen LogP contribution in [0.2, 0.25) is 0 Å². The van der Waals surface area contributed by atoms with Gasteiger partial charge >= 0.3 is 138 Å². The first kappa shape index (κ1) is 82.2. The summed E-state index contributed by atoms with van der Waals surface area (Å²) in [4.78, 5) is 61.7. The molecule has 0 N–H and O–H groups in total. The standard InChI is InChI=1S/C49H30N6S.C37H22FN5S.C13H10.CH3F.CH2O3.2Cs.H/c1-4-16-31(17-5-1)43-45-44(37-24-12-15-27-42(37)56-45)51-48(50-43)34-28-29-41(55-39-25-13-10-22-35(39)36-23-11-14-26-40(36)55)38(30-34)49-53-46(32-18-6-2-7-19-32)52-47(54-49)33-20-8-3-9-21-33;38-29-21-20-26(36-39-31(23-12-4-1-5-13-23)33-32(40-36)27-18-10-11-19-30(27)44-33)22-28(29)37-42-34(24-14-6-2-7-15-24)41-35(43-37)25-16-8-3-9-17-25;1-3-7-12-10(5-1)9-11-6-2-4-8-13(11)12;1-2;2-1-4-3;;;/h1-30H;1-22H;1-8H,9H2;1H3;1,3H;;;/q;;;;;2*+1;-1/p-1/i;;;1D;;;;. The zero-order chi connectivity index (χ0) is 81.3. The van der Waals surface area contributed by atoms with Crippen molar-refractivity contribution in [3.05, 3.63) is 381 Å². The van der Waals surface area contributed by atoms with Gasteiger partial charge in [0, 0.05) is 81.0 Å². The number of alkyl halides is 1. The van der Waals surface area contributed by atoms with Crippen LogP contribution >= 0.6 is 22.7 Å². The number of benzene rings is 14. The van der Waals surface area contributed by atoms with Crippen LogP contribution in [0.15, 0.2) is 364 Å². The molecule has 21 aromatic rings. The monoisotopic (exact) mass is 1850 g/mol. The van der Waals surface area contributed by atoms with Crippen LogP contribution in [0, 0.1) is 5.82 Å². The third kappa shape index (κ3) is 17.6. The number of carbonyl (C=O) groups is 1. The third-order valence-electron chi connectivity index (χ3n) is 20.5. The Morgan fingerprint density at radius 2 is 0.653 bits per heavy atom. The minimum Gasteiger partial charge on any atom is -1.00 e. The van der Waals surface area contributed by atoms with E-state index in [4.69, 9.17) is 61.3 Å². The van der Waals surface area contributed by atoms with E-state index in [1.165, 1.54) is 43.8 Å². The number of hydrogen-bond acceptors (Lipinski definition) is 15. The summed E-state index contributed by atoms with van der Waals surface area (Å²) >= 11 is 3.41. The molecule has 0 fully saturated rings. The molecular formula is C101H67Cs2F2N11O3S2. The second kappa shape index (κ2) is 38.7. The molecule has 0 saturated carbocycles. The second-order valence-corrected chi connectivity index (χ2v) is 29.7. The number of fused-ring (bicyclic) bond motifs is 12. The molecule has 0 atom stereocenters. The van der Waals surface area contributed by atoms with E-state index in [1.807, 2.05) is 170 Å². The molecule has 0 spiro atoms. The normalized spacial score (nSPS) is 11.1. The van der Waals surface area contributed by atoms with Gasteiger partial charge in [-0.2, -0.15) is 0 Å². The second-order valence-electron chi connectivity index (χ2n) is 27.6. The van der Waals surface area contributed by atoms with Crippen molar-refractivity contribution in [1.82, 2.24) is 54.4 Å². The van der Waals surface area contributed by atoms with E-state index in [0.717, 1.165) is 115 Å². The smallest absolute Gasteiger partial charge is 1.00 e. The number of para-hydroxylation sites is 2. The molecule has 22 rings (SSSR count). The summed E-state index contributed by atoms with van der Waals surface area (Å²) in [5, 5.41) is 13.0. The Morgan fingerprint density at radius 3 is 1.05 bits per heavy atom. The van der Waals surface area contributed by atoms with Crippen LogP contribution in [0.1, 0.15) is 13.9 Å². The largest absolute Gasteiger partial charge is 1.00 e. The molecule has 14 nitrogen and oxygen atoms in total. The quantitative estimate of drug-likeness (QED) is 0.0640. The Balaban J connectivity index is 0.000000155. The molecular weight excluding hydrogens is 1780 g/mol. The summed E-state index contributed by atoms with van der Waals surface area (Å²) in [6.07, 6.45) is 1.10. The van der Waals surface area contributed by atoms with Crippen LogP contribution in [0.25, 0.3) is 193 Å². The van der Waals surface area contributed by atoms with Gasteiger partial charge in [0.05, 0.1) is 62.6 Å². The summed E-state index contributed by atoms with van der Waals surface area (Å²) in [5.74, 6) is 3.62. The predicted molar refractivity (Wildman–Crippen MR) is 475 cm³/mol. The van der Waals surface area contributed by atoms with E-state index in [0.29, 0.717) is 46.3 Å². The van der Waals surface area contributed by atoms with Gasteiger partial charge in [-0.1, -0.05) is 303 Å². The van der Waals surface area contributed by atoms with Crippen molar-refractivity contribution in [3.63, 3.8) is 0 Å². The van der Waals surface area contributed by atoms with E-state index in [9.17, 15) is 4.39 Å². The number of hydrogen-bond donors (Lipinski definition) is 0. The summed E-state index contributed by atoms with van der Waals surface area (Å²) in [5.41, 5.74) is 20.6. The van der Waals surface area contributed by atoms with Crippen molar-refractivity contribution in [3.8, 4) is 130 Å². The number of rotatable bonds is 12. The summed E-state index contributed by atoms with van der Waals surface area (Å²) in [7, 11) is -1.00. The van der Waals surface area contributed by atoms with E-state index in [1.54, 1.807) is 34.8 Å². The zero-order valence-electron chi connectivity index (χ0n) is 67.3. The van der Waals surface area contributed by atoms with Gasteiger partial charge in [-0.15, -0.1) is 22.7 Å². The van der Waals surface area contributed by atoms with E-state index in [-0.39, 0.29) is 157 Å². The molecule has 1 aliphatic rings. The maximum Gasteiger partial charge on any atom is 1.00 e. The minimum absolute atomic E-state index is 0. The number of aromatic nitrogens is 11. The number of halogens is 2. The van der Waals surface area contributed by atoms with Gasteiger partial charge in [0.1, 0.15) is 5.82 Å². The Hall–Kier alpha value is -11.1. The Labute approximate surface area is 823 Å². The first-order valence-corrected chi connectivity index (χ1v) is 39.8. The van der Waals surface area contributed by atoms with Crippen molar-refractivity contribution in [1.29, 1.82) is 0 Å². The van der Waals surface area contributed by atoms with Crippen molar-refractivity contribution in [2.45, 2.75) is 6.42 Å². The van der Waals surface area contributed by atoms with Crippen molar-refractivity contribution in [2.75, 3.05) is 7.15 Å². The summed E-state index contributed by atoms with van der Waals surface area (Å²) < 4.78 is 37.9. The summed E-state index contributed by atoms with van der Waals surface area (Å²) in [6, 6.07) is 122. The molecule has 20 heteroatoms. The topological polar surface area (TPSA) is 183 Å². The van der Waals surface area contributed by atoms with Crippen molar-refractivity contribution >= 4 is 91.6 Å². The van der Waals surface area contributed by atoms with Crippen molar-refractivity contribution in [2.24, 2.45) is 0 Å². The molecule has 1 aliphatic carbocycles. The first-order chi connectivity index (χ1) is 59.3. The molecule has 0 radical (unpaired) electrons. The SMILES string of the molecule is Fc1ccc(-c2nc(-c3ccccc3)c3sc4ccccc4c3n2)cc1-c1nc(-c2ccccc2)nc(-c2ccccc2)n1.O=CO[O-].[2H]CF.[Cs+].[Cs+].[H-].c1ccc(-c2nc(-c3ccccc3)nc(-c3cc(-c4nc(-c5ccccc5)c5sc6ccccc6c5n4)ccc3-n3c4ccccc4c4ccccc43)n2)cc1.c1ccc2c(c1)Cc1ccccc1-2. The first-order valence-electron chi connectivity index (χ1n) is 38.9.